The first-order valence-electron chi connectivity index (χ1n) is 7.38. The van der Waals surface area contributed by atoms with E-state index in [0.29, 0.717) is 6.42 Å². The number of hydrogen-bond acceptors (Lipinski definition) is 3. The minimum Gasteiger partial charge on any atom is -0.368 e. The first kappa shape index (κ1) is 16.2. The molecule has 0 bridgehead atoms. The van der Waals surface area contributed by atoms with Gasteiger partial charge in [0.2, 0.25) is 5.91 Å². The normalized spacial score (nSPS) is 13.5. The molecule has 0 aromatic heterocycles. The number of amides is 1. The van der Waals surface area contributed by atoms with E-state index in [0.717, 1.165) is 18.7 Å². The Bertz CT molecular complexity index is 606. The molecular formula is C18H23N3O. The molecular weight excluding hydrogens is 274 g/mol. The van der Waals surface area contributed by atoms with Gasteiger partial charge < -0.3 is 16.8 Å². The molecule has 0 aliphatic rings. The van der Waals surface area contributed by atoms with Crippen LogP contribution in [-0.2, 0) is 24.3 Å². The predicted molar refractivity (Wildman–Crippen MR) is 88.9 cm³/mol. The molecule has 0 heterocycles. The van der Waals surface area contributed by atoms with Crippen molar-refractivity contribution in [2.24, 2.45) is 11.5 Å². The number of nitrogens with two attached hydrogens (primary N) is 2. The number of hydrogen-bond donors (Lipinski definition) is 3. The number of carbonyl (C=O) groups is 1. The van der Waals surface area contributed by atoms with Crippen molar-refractivity contribution in [3.63, 3.8) is 0 Å². The fraction of sp³-hybridized carbons (Fsp3) is 0.278. The van der Waals surface area contributed by atoms with Crippen molar-refractivity contribution in [2.45, 2.75) is 32.0 Å². The van der Waals surface area contributed by atoms with E-state index in [1.165, 1.54) is 11.1 Å². The van der Waals surface area contributed by atoms with E-state index in [4.69, 9.17) is 11.5 Å². The van der Waals surface area contributed by atoms with Crippen LogP contribution in [0.5, 0.6) is 0 Å². The molecule has 0 aliphatic carbocycles. The first-order valence-corrected chi connectivity index (χ1v) is 7.38. The molecule has 4 nitrogen and oxygen atoms in total. The summed E-state index contributed by atoms with van der Waals surface area (Å²) in [5.74, 6) is -0.485. The van der Waals surface area contributed by atoms with E-state index in [9.17, 15) is 4.79 Å². The molecule has 4 heteroatoms. The Hall–Kier alpha value is -2.17. The Morgan fingerprint density at radius 2 is 1.45 bits per heavy atom. The topological polar surface area (TPSA) is 81.1 Å². The predicted octanol–water partition coefficient (Wildman–Crippen LogP) is 1.72. The summed E-state index contributed by atoms with van der Waals surface area (Å²) >= 11 is 0. The molecule has 0 saturated heterocycles. The minimum absolute atomic E-state index is 0.445. The smallest absolute Gasteiger partial charge is 0.237 e. The van der Waals surface area contributed by atoms with E-state index in [2.05, 4.69) is 17.4 Å². The van der Waals surface area contributed by atoms with Crippen molar-refractivity contribution in [1.82, 2.24) is 5.32 Å². The highest BCUT2D eigenvalue weighted by Gasteiger charge is 2.25. The van der Waals surface area contributed by atoms with E-state index < -0.39 is 11.4 Å². The summed E-state index contributed by atoms with van der Waals surface area (Å²) in [5.41, 5.74) is 13.6. The molecule has 2 aromatic rings. The highest BCUT2D eigenvalue weighted by Crippen LogP contribution is 2.12. The van der Waals surface area contributed by atoms with Gasteiger partial charge in [0.15, 0.2) is 0 Å². The number of primary amides is 1. The summed E-state index contributed by atoms with van der Waals surface area (Å²) in [4.78, 5) is 11.3. The highest BCUT2D eigenvalue weighted by molar-refractivity contribution is 5.84. The summed E-state index contributed by atoms with van der Waals surface area (Å²) in [5, 5.41) is 3.41. The molecule has 0 fully saturated rings. The second kappa shape index (κ2) is 7.20. The molecule has 1 amide bonds. The van der Waals surface area contributed by atoms with Crippen molar-refractivity contribution >= 4 is 5.91 Å². The van der Waals surface area contributed by atoms with Crippen LogP contribution in [0.2, 0.25) is 0 Å². The average molecular weight is 297 g/mol. The van der Waals surface area contributed by atoms with Crippen LogP contribution in [0.15, 0.2) is 54.6 Å². The SMILES string of the molecule is CC(N)(Cc1ccc(CNCc2ccccc2)cc1)C(N)=O. The fourth-order valence-electron chi connectivity index (χ4n) is 2.23. The number of benzene rings is 2. The van der Waals surface area contributed by atoms with Crippen molar-refractivity contribution < 1.29 is 4.79 Å². The maximum Gasteiger partial charge on any atom is 0.237 e. The molecule has 1 unspecified atom stereocenters. The third-order valence-corrected chi connectivity index (χ3v) is 3.66. The maximum atomic E-state index is 11.3. The van der Waals surface area contributed by atoms with Crippen molar-refractivity contribution in [3.8, 4) is 0 Å². The van der Waals surface area contributed by atoms with Gasteiger partial charge in [0.25, 0.3) is 0 Å². The van der Waals surface area contributed by atoms with Gasteiger partial charge in [-0.2, -0.15) is 0 Å². The Balaban J connectivity index is 1.85. The molecule has 1 atom stereocenters. The molecule has 0 radical (unpaired) electrons. The van der Waals surface area contributed by atoms with Crippen LogP contribution < -0.4 is 16.8 Å². The van der Waals surface area contributed by atoms with Crippen LogP contribution in [-0.4, -0.2) is 11.4 Å². The molecule has 2 rings (SSSR count). The van der Waals surface area contributed by atoms with Crippen molar-refractivity contribution in [2.75, 3.05) is 0 Å². The van der Waals surface area contributed by atoms with Crippen LogP contribution in [0.25, 0.3) is 0 Å². The second-order valence-electron chi connectivity index (χ2n) is 5.86. The van der Waals surface area contributed by atoms with Crippen molar-refractivity contribution in [3.05, 3.63) is 71.3 Å². The van der Waals surface area contributed by atoms with Gasteiger partial charge in [0, 0.05) is 13.1 Å². The minimum atomic E-state index is -1.01. The Morgan fingerprint density at radius 3 is 2.00 bits per heavy atom. The molecule has 2 aromatic carbocycles. The highest BCUT2D eigenvalue weighted by atomic mass is 16.1. The first-order chi connectivity index (χ1) is 10.5. The van der Waals surface area contributed by atoms with Crippen LogP contribution >= 0.6 is 0 Å². The largest absolute Gasteiger partial charge is 0.368 e. The van der Waals surface area contributed by atoms with Gasteiger partial charge in [0.1, 0.15) is 0 Å². The van der Waals surface area contributed by atoms with E-state index in [1.807, 2.05) is 42.5 Å². The summed E-state index contributed by atoms with van der Waals surface area (Å²) in [6.07, 6.45) is 0.445. The standard InChI is InChI=1S/C18H23N3O/c1-18(20,17(19)22)11-14-7-9-16(10-8-14)13-21-12-15-5-3-2-4-6-15/h2-10,21H,11-13,20H2,1H3,(H2,19,22). The molecule has 5 N–H and O–H groups in total. The lowest BCUT2D eigenvalue weighted by molar-refractivity contribution is -0.122. The van der Waals surface area contributed by atoms with Gasteiger partial charge >= 0.3 is 0 Å². The number of rotatable bonds is 7. The fourth-order valence-corrected chi connectivity index (χ4v) is 2.23. The molecule has 0 saturated carbocycles. The molecule has 116 valence electrons. The molecule has 0 spiro atoms. The second-order valence-corrected chi connectivity index (χ2v) is 5.86. The summed E-state index contributed by atoms with van der Waals surface area (Å²) in [6, 6.07) is 18.4. The lowest BCUT2D eigenvalue weighted by atomic mass is 9.93. The zero-order chi connectivity index (χ0) is 16.0. The maximum absolute atomic E-state index is 11.3. The van der Waals surface area contributed by atoms with E-state index in [1.54, 1.807) is 6.92 Å². The van der Waals surface area contributed by atoms with Gasteiger partial charge in [-0.15, -0.1) is 0 Å². The van der Waals surface area contributed by atoms with Gasteiger partial charge in [0.05, 0.1) is 5.54 Å². The van der Waals surface area contributed by atoms with E-state index in [-0.39, 0.29) is 0 Å². The Morgan fingerprint density at radius 1 is 0.955 bits per heavy atom. The summed E-state index contributed by atoms with van der Waals surface area (Å²) < 4.78 is 0. The monoisotopic (exact) mass is 297 g/mol. The van der Waals surface area contributed by atoms with Crippen LogP contribution in [0.3, 0.4) is 0 Å². The van der Waals surface area contributed by atoms with Gasteiger partial charge in [-0.3, -0.25) is 4.79 Å². The summed E-state index contributed by atoms with van der Waals surface area (Å²) in [6.45, 7) is 3.29. The quantitative estimate of drug-likeness (QED) is 0.728. The zero-order valence-electron chi connectivity index (χ0n) is 12.9. The Labute approximate surface area is 131 Å². The lowest BCUT2D eigenvalue weighted by Gasteiger charge is -2.20. The lowest BCUT2D eigenvalue weighted by Crippen LogP contribution is -2.51. The van der Waals surface area contributed by atoms with Crippen LogP contribution in [0, 0.1) is 0 Å². The zero-order valence-corrected chi connectivity index (χ0v) is 12.9. The molecule has 0 aliphatic heterocycles. The molecule has 22 heavy (non-hydrogen) atoms. The van der Waals surface area contributed by atoms with Gasteiger partial charge in [-0.05, 0) is 30.0 Å². The summed E-state index contributed by atoms with van der Waals surface area (Å²) in [7, 11) is 0. The van der Waals surface area contributed by atoms with Crippen LogP contribution in [0.1, 0.15) is 23.6 Å². The average Bonchev–Trinajstić information content (AvgIpc) is 2.50. The van der Waals surface area contributed by atoms with Gasteiger partial charge in [-0.25, -0.2) is 0 Å². The third-order valence-electron chi connectivity index (χ3n) is 3.66. The third kappa shape index (κ3) is 4.69. The Kier molecular flexibility index (Phi) is 5.31. The number of nitrogens with one attached hydrogen (secondary N) is 1. The van der Waals surface area contributed by atoms with E-state index >= 15 is 0 Å². The number of carbonyl (C=O) groups excluding carboxylic acids is 1. The van der Waals surface area contributed by atoms with Crippen LogP contribution in [0.4, 0.5) is 0 Å². The van der Waals surface area contributed by atoms with Crippen molar-refractivity contribution in [1.29, 1.82) is 0 Å². The van der Waals surface area contributed by atoms with Gasteiger partial charge in [-0.1, -0.05) is 54.6 Å².